The van der Waals surface area contributed by atoms with Gasteiger partial charge in [0.1, 0.15) is 11.8 Å². The summed E-state index contributed by atoms with van der Waals surface area (Å²) in [5, 5.41) is 7.18. The van der Waals surface area contributed by atoms with Crippen LogP contribution in [0.3, 0.4) is 0 Å². The minimum absolute atomic E-state index is 0.00131. The Balaban J connectivity index is 1.64. The average Bonchev–Trinajstić information content (AvgIpc) is 3.16. The van der Waals surface area contributed by atoms with Crippen LogP contribution in [0.15, 0.2) is 36.7 Å². The van der Waals surface area contributed by atoms with Crippen LogP contribution in [0, 0.1) is 3.57 Å². The van der Waals surface area contributed by atoms with Gasteiger partial charge in [-0.1, -0.05) is 0 Å². The largest absolute Gasteiger partial charge is 0.454 e. The number of amides is 1. The number of ether oxygens (including phenoxy) is 1. The minimum atomic E-state index is -0.334. The SMILES string of the molecule is CC(C(=O)NC1CC1)n1cc(Oc2ccc(I)cc2)cn1. The van der Waals surface area contributed by atoms with E-state index in [4.69, 9.17) is 4.74 Å². The van der Waals surface area contributed by atoms with Gasteiger partial charge < -0.3 is 10.1 Å². The van der Waals surface area contributed by atoms with Gasteiger partial charge in [0.2, 0.25) is 5.91 Å². The molecule has 1 aliphatic carbocycles. The maximum atomic E-state index is 12.0. The molecule has 1 fully saturated rings. The molecule has 5 nitrogen and oxygen atoms in total. The van der Waals surface area contributed by atoms with Crippen LogP contribution in [-0.4, -0.2) is 21.7 Å². The first-order valence-electron chi connectivity index (χ1n) is 6.90. The molecule has 1 aliphatic rings. The van der Waals surface area contributed by atoms with Gasteiger partial charge in [-0.2, -0.15) is 5.10 Å². The Labute approximate surface area is 136 Å². The van der Waals surface area contributed by atoms with Gasteiger partial charge in [-0.15, -0.1) is 0 Å². The summed E-state index contributed by atoms with van der Waals surface area (Å²) in [5.41, 5.74) is 0. The molecular weight excluding hydrogens is 381 g/mol. The van der Waals surface area contributed by atoms with Crippen molar-refractivity contribution in [2.24, 2.45) is 0 Å². The van der Waals surface area contributed by atoms with Gasteiger partial charge in [-0.05, 0) is 66.6 Å². The van der Waals surface area contributed by atoms with Crippen LogP contribution in [0.4, 0.5) is 0 Å². The summed E-state index contributed by atoms with van der Waals surface area (Å²) >= 11 is 2.25. The van der Waals surface area contributed by atoms with Gasteiger partial charge in [0.05, 0.1) is 12.4 Å². The van der Waals surface area contributed by atoms with Crippen molar-refractivity contribution in [2.45, 2.75) is 31.8 Å². The van der Waals surface area contributed by atoms with Gasteiger partial charge >= 0.3 is 0 Å². The van der Waals surface area contributed by atoms with Crippen molar-refractivity contribution in [1.29, 1.82) is 0 Å². The van der Waals surface area contributed by atoms with Crippen LogP contribution in [0.1, 0.15) is 25.8 Å². The van der Waals surface area contributed by atoms with E-state index in [1.54, 1.807) is 17.1 Å². The predicted octanol–water partition coefficient (Wildman–Crippen LogP) is 3.12. The lowest BCUT2D eigenvalue weighted by Crippen LogP contribution is -2.32. The molecule has 0 aliphatic heterocycles. The molecule has 1 unspecified atom stereocenters. The molecule has 0 bridgehead atoms. The molecule has 2 aromatic rings. The number of halogens is 1. The lowest BCUT2D eigenvalue weighted by Gasteiger charge is -2.11. The summed E-state index contributed by atoms with van der Waals surface area (Å²) in [4.78, 5) is 12.0. The number of aromatic nitrogens is 2. The zero-order valence-electron chi connectivity index (χ0n) is 11.6. The average molecular weight is 397 g/mol. The predicted molar refractivity (Wildman–Crippen MR) is 87.3 cm³/mol. The van der Waals surface area contributed by atoms with Crippen molar-refractivity contribution in [1.82, 2.24) is 15.1 Å². The molecule has 6 heteroatoms. The number of benzene rings is 1. The summed E-state index contributed by atoms with van der Waals surface area (Å²) in [7, 11) is 0. The molecule has 1 saturated carbocycles. The van der Waals surface area contributed by atoms with Crippen molar-refractivity contribution in [3.8, 4) is 11.5 Å². The molecule has 1 aromatic carbocycles. The first kappa shape index (κ1) is 14.4. The first-order chi connectivity index (χ1) is 10.1. The second kappa shape index (κ2) is 6.05. The molecule has 1 N–H and O–H groups in total. The number of nitrogens with zero attached hydrogens (tertiary/aromatic N) is 2. The fraction of sp³-hybridized carbons (Fsp3) is 0.333. The van der Waals surface area contributed by atoms with Crippen LogP contribution in [-0.2, 0) is 4.79 Å². The summed E-state index contributed by atoms with van der Waals surface area (Å²) in [6.07, 6.45) is 5.53. The molecule has 1 aromatic heterocycles. The van der Waals surface area contributed by atoms with Crippen LogP contribution >= 0.6 is 22.6 Å². The van der Waals surface area contributed by atoms with Gasteiger partial charge in [-0.3, -0.25) is 9.48 Å². The minimum Gasteiger partial charge on any atom is -0.454 e. The van der Waals surface area contributed by atoms with Crippen molar-refractivity contribution in [3.63, 3.8) is 0 Å². The fourth-order valence-corrected chi connectivity index (χ4v) is 2.25. The van der Waals surface area contributed by atoms with Crippen molar-refractivity contribution in [3.05, 3.63) is 40.2 Å². The third kappa shape index (κ3) is 3.75. The van der Waals surface area contributed by atoms with E-state index in [0.29, 0.717) is 11.8 Å². The van der Waals surface area contributed by atoms with Gasteiger partial charge in [0, 0.05) is 9.61 Å². The zero-order valence-corrected chi connectivity index (χ0v) is 13.8. The van der Waals surface area contributed by atoms with Gasteiger partial charge in [-0.25, -0.2) is 0 Å². The van der Waals surface area contributed by atoms with E-state index < -0.39 is 0 Å². The Morgan fingerprint density at radius 3 is 2.76 bits per heavy atom. The Hall–Kier alpha value is -1.57. The van der Waals surface area contributed by atoms with E-state index in [1.165, 1.54) is 0 Å². The lowest BCUT2D eigenvalue weighted by molar-refractivity contribution is -0.124. The van der Waals surface area contributed by atoms with E-state index in [-0.39, 0.29) is 11.9 Å². The third-order valence-electron chi connectivity index (χ3n) is 3.33. The molecule has 3 rings (SSSR count). The van der Waals surface area contributed by atoms with Crippen molar-refractivity contribution in [2.75, 3.05) is 0 Å². The molecular formula is C15H16IN3O2. The van der Waals surface area contributed by atoms with E-state index in [2.05, 4.69) is 33.0 Å². The lowest BCUT2D eigenvalue weighted by atomic mass is 10.3. The van der Waals surface area contributed by atoms with Crippen molar-refractivity contribution < 1.29 is 9.53 Å². The highest BCUT2D eigenvalue weighted by Crippen LogP contribution is 2.23. The number of carbonyl (C=O) groups is 1. The molecule has 110 valence electrons. The molecule has 0 spiro atoms. The number of rotatable bonds is 5. The topological polar surface area (TPSA) is 56.2 Å². The fourth-order valence-electron chi connectivity index (χ4n) is 1.89. The maximum Gasteiger partial charge on any atom is 0.244 e. The Bertz CT molecular complexity index is 635. The number of hydrogen-bond acceptors (Lipinski definition) is 3. The highest BCUT2D eigenvalue weighted by Gasteiger charge is 2.26. The second-order valence-corrected chi connectivity index (χ2v) is 6.42. The van der Waals surface area contributed by atoms with Crippen molar-refractivity contribution >= 4 is 28.5 Å². The molecule has 1 heterocycles. The van der Waals surface area contributed by atoms with E-state index in [1.807, 2.05) is 31.2 Å². The van der Waals surface area contributed by atoms with E-state index in [9.17, 15) is 4.79 Å². The highest BCUT2D eigenvalue weighted by atomic mass is 127. The molecule has 21 heavy (non-hydrogen) atoms. The van der Waals surface area contributed by atoms with Gasteiger partial charge in [0.25, 0.3) is 0 Å². The summed E-state index contributed by atoms with van der Waals surface area (Å²) < 4.78 is 8.50. The van der Waals surface area contributed by atoms with E-state index >= 15 is 0 Å². The highest BCUT2D eigenvalue weighted by molar-refractivity contribution is 14.1. The second-order valence-electron chi connectivity index (χ2n) is 5.17. The normalized spacial score (nSPS) is 15.5. The van der Waals surface area contributed by atoms with Crippen LogP contribution in [0.5, 0.6) is 11.5 Å². The summed E-state index contributed by atoms with van der Waals surface area (Å²) in [5.74, 6) is 1.38. The van der Waals surface area contributed by atoms with E-state index in [0.717, 1.165) is 22.2 Å². The number of nitrogens with one attached hydrogen (secondary N) is 1. The molecule has 0 saturated heterocycles. The molecule has 1 atom stereocenters. The summed E-state index contributed by atoms with van der Waals surface area (Å²) in [6.45, 7) is 1.83. The first-order valence-corrected chi connectivity index (χ1v) is 7.97. The Kier molecular flexibility index (Phi) is 4.14. The quantitative estimate of drug-likeness (QED) is 0.789. The number of hydrogen-bond donors (Lipinski definition) is 1. The molecule has 0 radical (unpaired) electrons. The van der Waals surface area contributed by atoms with Gasteiger partial charge in [0.15, 0.2) is 5.75 Å². The monoisotopic (exact) mass is 397 g/mol. The Morgan fingerprint density at radius 1 is 1.38 bits per heavy atom. The zero-order chi connectivity index (χ0) is 14.8. The van der Waals surface area contributed by atoms with Crippen LogP contribution < -0.4 is 10.1 Å². The molecule has 1 amide bonds. The smallest absolute Gasteiger partial charge is 0.244 e. The van der Waals surface area contributed by atoms with Crippen LogP contribution in [0.25, 0.3) is 0 Å². The third-order valence-corrected chi connectivity index (χ3v) is 4.05. The van der Waals surface area contributed by atoms with Crippen LogP contribution in [0.2, 0.25) is 0 Å². The summed E-state index contributed by atoms with van der Waals surface area (Å²) in [6, 6.07) is 7.79. The maximum absolute atomic E-state index is 12.0. The number of carbonyl (C=O) groups excluding carboxylic acids is 1. The Morgan fingerprint density at radius 2 is 2.10 bits per heavy atom. The standard InChI is InChI=1S/C15H16IN3O2/c1-10(15(20)18-12-4-5-12)19-9-14(8-17-19)21-13-6-2-11(16)3-7-13/h2-3,6-10,12H,4-5H2,1H3,(H,18,20).